The fourth-order valence-electron chi connectivity index (χ4n) is 3.52. The van der Waals surface area contributed by atoms with Crippen molar-refractivity contribution in [2.45, 2.75) is 76.7 Å². The first-order valence-electron chi connectivity index (χ1n) is 7.68. The van der Waals surface area contributed by atoms with Crippen molar-refractivity contribution < 1.29 is 9.47 Å². The molecule has 0 aromatic rings. The molecule has 1 N–H and O–H groups in total. The molecule has 3 fully saturated rings. The van der Waals surface area contributed by atoms with Crippen molar-refractivity contribution in [2.24, 2.45) is 5.41 Å². The number of nitrogens with one attached hydrogen (secondary N) is 1. The summed E-state index contributed by atoms with van der Waals surface area (Å²) in [5.74, 6) is 0. The van der Waals surface area contributed by atoms with Gasteiger partial charge < -0.3 is 14.8 Å². The topological polar surface area (TPSA) is 30.5 Å². The molecule has 0 spiro atoms. The third-order valence-corrected chi connectivity index (χ3v) is 5.10. The monoisotopic (exact) mass is 253 g/mol. The Kier molecular flexibility index (Phi) is 3.65. The first-order chi connectivity index (χ1) is 8.68. The van der Waals surface area contributed by atoms with Crippen molar-refractivity contribution >= 4 is 0 Å². The molecule has 0 aromatic carbocycles. The van der Waals surface area contributed by atoms with Crippen molar-refractivity contribution in [3.8, 4) is 0 Å². The minimum absolute atomic E-state index is 0.317. The average Bonchev–Trinajstić information content (AvgIpc) is 3.00. The van der Waals surface area contributed by atoms with Crippen LogP contribution in [0.5, 0.6) is 0 Å². The molecular weight excluding hydrogens is 226 g/mol. The Balaban J connectivity index is 1.60. The third-order valence-electron chi connectivity index (χ3n) is 5.10. The van der Waals surface area contributed by atoms with Crippen molar-refractivity contribution in [1.82, 2.24) is 5.32 Å². The molecule has 0 amide bonds. The van der Waals surface area contributed by atoms with Crippen LogP contribution in [0.15, 0.2) is 0 Å². The lowest BCUT2D eigenvalue weighted by molar-refractivity contribution is -0.00497. The highest BCUT2D eigenvalue weighted by molar-refractivity contribution is 4.96. The van der Waals surface area contributed by atoms with Gasteiger partial charge in [-0.1, -0.05) is 0 Å². The molecule has 104 valence electrons. The molecule has 18 heavy (non-hydrogen) atoms. The summed E-state index contributed by atoms with van der Waals surface area (Å²) in [7, 11) is 0. The van der Waals surface area contributed by atoms with Crippen LogP contribution in [0.1, 0.15) is 52.4 Å². The molecule has 1 saturated carbocycles. The normalized spacial score (nSPS) is 44.7. The zero-order chi connectivity index (χ0) is 12.6. The lowest BCUT2D eigenvalue weighted by atomic mass is 9.76. The second kappa shape index (κ2) is 5.10. The third kappa shape index (κ3) is 2.73. The van der Waals surface area contributed by atoms with Gasteiger partial charge in [-0.2, -0.15) is 0 Å². The van der Waals surface area contributed by atoms with Gasteiger partial charge in [0, 0.05) is 24.6 Å². The SMILES string of the molecule is CC1CCC(CC2(CNC3CC3)CCOC2C)O1. The molecule has 2 aliphatic heterocycles. The summed E-state index contributed by atoms with van der Waals surface area (Å²) < 4.78 is 11.9. The van der Waals surface area contributed by atoms with E-state index in [1.807, 2.05) is 0 Å². The standard InChI is InChI=1S/C15H27NO2/c1-11-3-6-14(18-11)9-15(7-8-17-12(15)2)10-16-13-4-5-13/h11-14,16H,3-10H2,1-2H3. The number of ether oxygens (including phenoxy) is 2. The summed E-state index contributed by atoms with van der Waals surface area (Å²) in [5, 5.41) is 3.72. The molecule has 3 heteroatoms. The summed E-state index contributed by atoms with van der Waals surface area (Å²) in [6, 6.07) is 0.790. The fraction of sp³-hybridized carbons (Fsp3) is 1.00. The van der Waals surface area contributed by atoms with E-state index >= 15 is 0 Å². The van der Waals surface area contributed by atoms with E-state index in [9.17, 15) is 0 Å². The second-order valence-corrected chi connectivity index (χ2v) is 6.63. The van der Waals surface area contributed by atoms with Crippen LogP contribution in [-0.4, -0.2) is 37.5 Å². The van der Waals surface area contributed by atoms with E-state index in [2.05, 4.69) is 19.2 Å². The average molecular weight is 253 g/mol. The van der Waals surface area contributed by atoms with Gasteiger partial charge in [0.25, 0.3) is 0 Å². The van der Waals surface area contributed by atoms with Gasteiger partial charge in [-0.05, 0) is 52.4 Å². The van der Waals surface area contributed by atoms with E-state index in [0.717, 1.165) is 19.2 Å². The quantitative estimate of drug-likeness (QED) is 0.816. The van der Waals surface area contributed by atoms with Crippen LogP contribution in [0.25, 0.3) is 0 Å². The Labute approximate surface area is 111 Å². The van der Waals surface area contributed by atoms with Gasteiger partial charge in [0.2, 0.25) is 0 Å². The molecule has 1 aliphatic carbocycles. The van der Waals surface area contributed by atoms with Gasteiger partial charge in [-0.15, -0.1) is 0 Å². The fourth-order valence-corrected chi connectivity index (χ4v) is 3.52. The molecule has 0 aromatic heterocycles. The maximum atomic E-state index is 6.04. The van der Waals surface area contributed by atoms with Crippen molar-refractivity contribution in [2.75, 3.05) is 13.2 Å². The molecule has 3 nitrogen and oxygen atoms in total. The Hall–Kier alpha value is -0.120. The van der Waals surface area contributed by atoms with Crippen LogP contribution < -0.4 is 5.32 Å². The minimum atomic E-state index is 0.317. The van der Waals surface area contributed by atoms with Gasteiger partial charge in [-0.3, -0.25) is 0 Å². The molecule has 4 atom stereocenters. The van der Waals surface area contributed by atoms with Crippen molar-refractivity contribution in [3.63, 3.8) is 0 Å². The van der Waals surface area contributed by atoms with E-state index < -0.39 is 0 Å². The van der Waals surface area contributed by atoms with E-state index in [1.54, 1.807) is 0 Å². The van der Waals surface area contributed by atoms with Crippen LogP contribution in [0, 0.1) is 5.41 Å². The molecule has 4 unspecified atom stereocenters. The molecule has 0 radical (unpaired) electrons. The predicted octanol–water partition coefficient (Wildman–Crippen LogP) is 2.49. The van der Waals surface area contributed by atoms with Crippen LogP contribution in [-0.2, 0) is 9.47 Å². The Bertz CT molecular complexity index is 292. The molecule has 3 rings (SSSR count). The number of hydrogen-bond donors (Lipinski definition) is 1. The second-order valence-electron chi connectivity index (χ2n) is 6.63. The molecule has 0 bridgehead atoms. The van der Waals surface area contributed by atoms with Gasteiger partial charge in [0.1, 0.15) is 0 Å². The zero-order valence-corrected chi connectivity index (χ0v) is 11.8. The van der Waals surface area contributed by atoms with Crippen LogP contribution in [0.3, 0.4) is 0 Å². The zero-order valence-electron chi connectivity index (χ0n) is 11.8. The van der Waals surface area contributed by atoms with Gasteiger partial charge >= 0.3 is 0 Å². The highest BCUT2D eigenvalue weighted by Crippen LogP contribution is 2.42. The van der Waals surface area contributed by atoms with E-state index in [1.165, 1.54) is 38.5 Å². The van der Waals surface area contributed by atoms with E-state index in [4.69, 9.17) is 9.47 Å². The highest BCUT2D eigenvalue weighted by Gasteiger charge is 2.44. The van der Waals surface area contributed by atoms with E-state index in [0.29, 0.717) is 23.7 Å². The van der Waals surface area contributed by atoms with Crippen LogP contribution in [0.4, 0.5) is 0 Å². The van der Waals surface area contributed by atoms with Crippen LogP contribution in [0.2, 0.25) is 0 Å². The maximum absolute atomic E-state index is 6.04. The highest BCUT2D eigenvalue weighted by atomic mass is 16.5. The lowest BCUT2D eigenvalue weighted by Gasteiger charge is -2.35. The maximum Gasteiger partial charge on any atom is 0.0617 e. The summed E-state index contributed by atoms with van der Waals surface area (Å²) >= 11 is 0. The minimum Gasteiger partial charge on any atom is -0.378 e. The summed E-state index contributed by atoms with van der Waals surface area (Å²) in [6.45, 7) is 6.49. The molecule has 3 aliphatic rings. The number of rotatable bonds is 5. The Morgan fingerprint density at radius 3 is 2.56 bits per heavy atom. The Morgan fingerprint density at radius 1 is 1.17 bits per heavy atom. The molecular formula is C15H27NO2. The van der Waals surface area contributed by atoms with Gasteiger partial charge in [-0.25, -0.2) is 0 Å². The van der Waals surface area contributed by atoms with Crippen molar-refractivity contribution in [1.29, 1.82) is 0 Å². The van der Waals surface area contributed by atoms with Crippen LogP contribution >= 0.6 is 0 Å². The smallest absolute Gasteiger partial charge is 0.0617 e. The molecule has 2 saturated heterocycles. The summed E-state index contributed by atoms with van der Waals surface area (Å²) in [5.41, 5.74) is 0.317. The largest absolute Gasteiger partial charge is 0.378 e. The first-order valence-corrected chi connectivity index (χ1v) is 7.68. The summed E-state index contributed by atoms with van der Waals surface area (Å²) in [4.78, 5) is 0. The number of hydrogen-bond acceptors (Lipinski definition) is 3. The summed E-state index contributed by atoms with van der Waals surface area (Å²) in [6.07, 6.45) is 8.87. The predicted molar refractivity (Wildman–Crippen MR) is 71.7 cm³/mol. The molecule has 2 heterocycles. The van der Waals surface area contributed by atoms with Crippen molar-refractivity contribution in [3.05, 3.63) is 0 Å². The lowest BCUT2D eigenvalue weighted by Crippen LogP contribution is -2.42. The van der Waals surface area contributed by atoms with Gasteiger partial charge in [0.15, 0.2) is 0 Å². The Morgan fingerprint density at radius 2 is 2.00 bits per heavy atom. The first kappa shape index (κ1) is 12.9. The van der Waals surface area contributed by atoms with Gasteiger partial charge in [0.05, 0.1) is 18.3 Å². The van der Waals surface area contributed by atoms with E-state index in [-0.39, 0.29) is 0 Å².